The summed E-state index contributed by atoms with van der Waals surface area (Å²) in [6.07, 6.45) is 1.93. The van der Waals surface area contributed by atoms with Crippen molar-refractivity contribution < 1.29 is 9.53 Å². The number of hydrogen-bond acceptors (Lipinski definition) is 2. The number of hydrogen-bond donors (Lipinski definition) is 0. The van der Waals surface area contributed by atoms with Crippen LogP contribution in [0.1, 0.15) is 22.8 Å². The van der Waals surface area contributed by atoms with E-state index >= 15 is 0 Å². The van der Waals surface area contributed by atoms with E-state index in [1.165, 1.54) is 0 Å². The summed E-state index contributed by atoms with van der Waals surface area (Å²) in [5.41, 5.74) is 2.40. The first-order valence-corrected chi connectivity index (χ1v) is 7.02. The number of benzene rings is 2. The minimum atomic E-state index is -0.00384. The maximum Gasteiger partial charge on any atom is 0.198 e. The fourth-order valence-corrected chi connectivity index (χ4v) is 2.67. The van der Waals surface area contributed by atoms with Gasteiger partial charge in [0, 0.05) is 29.2 Å². The smallest absolute Gasteiger partial charge is 0.198 e. The zero-order valence-electron chi connectivity index (χ0n) is 12.2. The number of rotatable bonds is 4. The summed E-state index contributed by atoms with van der Waals surface area (Å²) in [5.74, 6) is 0.603. The molecular formula is C18H17NO2. The molecule has 0 fully saturated rings. The molecule has 0 aliphatic rings. The van der Waals surface area contributed by atoms with Crippen LogP contribution in [0.2, 0.25) is 0 Å². The van der Waals surface area contributed by atoms with Gasteiger partial charge in [0.1, 0.15) is 5.75 Å². The Labute approximate surface area is 123 Å². The molecular weight excluding hydrogens is 262 g/mol. The van der Waals surface area contributed by atoms with Gasteiger partial charge >= 0.3 is 0 Å². The Balaban J connectivity index is 2.18. The van der Waals surface area contributed by atoms with E-state index in [9.17, 15) is 4.79 Å². The minimum absolute atomic E-state index is 0.00384. The second-order valence-corrected chi connectivity index (χ2v) is 4.88. The number of aryl methyl sites for hydroxylation is 1. The SMILES string of the molecule is CCn1cc(C(=O)c2ccccc2OC)c2ccccc21. The van der Waals surface area contributed by atoms with Crippen molar-refractivity contribution in [2.24, 2.45) is 0 Å². The van der Waals surface area contributed by atoms with Crippen LogP contribution in [-0.2, 0) is 6.54 Å². The maximum atomic E-state index is 12.9. The molecule has 3 aromatic rings. The van der Waals surface area contributed by atoms with Crippen LogP contribution in [0, 0.1) is 0 Å². The highest BCUT2D eigenvalue weighted by Crippen LogP contribution is 2.27. The van der Waals surface area contributed by atoms with Crippen LogP contribution >= 0.6 is 0 Å². The van der Waals surface area contributed by atoms with Crippen molar-refractivity contribution >= 4 is 16.7 Å². The Morgan fingerprint density at radius 1 is 1.05 bits per heavy atom. The molecule has 0 atom stereocenters. The molecule has 0 aliphatic heterocycles. The van der Waals surface area contributed by atoms with Crippen molar-refractivity contribution in [1.29, 1.82) is 0 Å². The van der Waals surface area contributed by atoms with E-state index in [0.717, 1.165) is 23.0 Å². The molecule has 0 saturated carbocycles. The Kier molecular flexibility index (Phi) is 3.48. The number of methoxy groups -OCH3 is 1. The maximum absolute atomic E-state index is 12.9. The molecule has 3 nitrogen and oxygen atoms in total. The molecule has 0 aliphatic carbocycles. The summed E-state index contributed by atoms with van der Waals surface area (Å²) in [4.78, 5) is 12.9. The first-order valence-electron chi connectivity index (χ1n) is 7.02. The molecule has 0 unspecified atom stereocenters. The second kappa shape index (κ2) is 5.44. The Morgan fingerprint density at radius 2 is 1.76 bits per heavy atom. The van der Waals surface area contributed by atoms with Crippen LogP contribution in [0.4, 0.5) is 0 Å². The number of para-hydroxylation sites is 2. The van der Waals surface area contributed by atoms with E-state index < -0.39 is 0 Å². The number of carbonyl (C=O) groups excluding carboxylic acids is 1. The summed E-state index contributed by atoms with van der Waals surface area (Å²) in [6.45, 7) is 2.91. The van der Waals surface area contributed by atoms with Gasteiger partial charge in [0.25, 0.3) is 0 Å². The van der Waals surface area contributed by atoms with E-state index in [1.54, 1.807) is 13.2 Å². The molecule has 3 rings (SSSR count). The van der Waals surface area contributed by atoms with Gasteiger partial charge < -0.3 is 9.30 Å². The molecule has 0 spiro atoms. The number of ketones is 1. The summed E-state index contributed by atoms with van der Waals surface area (Å²) >= 11 is 0. The van der Waals surface area contributed by atoms with Crippen molar-refractivity contribution in [2.75, 3.05) is 7.11 Å². The number of fused-ring (bicyclic) bond motifs is 1. The molecule has 106 valence electrons. The summed E-state index contributed by atoms with van der Waals surface area (Å²) < 4.78 is 7.40. The summed E-state index contributed by atoms with van der Waals surface area (Å²) in [5, 5.41) is 0.982. The van der Waals surface area contributed by atoms with E-state index in [0.29, 0.717) is 11.3 Å². The van der Waals surface area contributed by atoms with Crippen LogP contribution in [0.15, 0.2) is 54.7 Å². The van der Waals surface area contributed by atoms with Crippen LogP contribution in [0.5, 0.6) is 5.75 Å². The Bertz CT molecular complexity index is 802. The van der Waals surface area contributed by atoms with Gasteiger partial charge in [-0.25, -0.2) is 0 Å². The van der Waals surface area contributed by atoms with Crippen molar-refractivity contribution in [3.63, 3.8) is 0 Å². The molecule has 2 aromatic carbocycles. The van der Waals surface area contributed by atoms with E-state index in [4.69, 9.17) is 4.74 Å². The standard InChI is InChI=1S/C18H17NO2/c1-3-19-12-15(13-8-4-6-10-16(13)19)18(20)14-9-5-7-11-17(14)21-2/h4-12H,3H2,1-2H3. The predicted octanol–water partition coefficient (Wildman–Crippen LogP) is 3.90. The lowest BCUT2D eigenvalue weighted by molar-refractivity contribution is 0.103. The van der Waals surface area contributed by atoms with E-state index in [2.05, 4.69) is 11.5 Å². The van der Waals surface area contributed by atoms with Gasteiger partial charge in [-0.2, -0.15) is 0 Å². The van der Waals surface area contributed by atoms with Crippen molar-refractivity contribution in [1.82, 2.24) is 4.57 Å². The van der Waals surface area contributed by atoms with Gasteiger partial charge in [0.15, 0.2) is 5.78 Å². The van der Waals surface area contributed by atoms with Crippen LogP contribution in [-0.4, -0.2) is 17.5 Å². The lowest BCUT2D eigenvalue weighted by Gasteiger charge is -2.06. The summed E-state index contributed by atoms with van der Waals surface area (Å²) in [7, 11) is 1.58. The van der Waals surface area contributed by atoms with Gasteiger partial charge in [-0.05, 0) is 25.1 Å². The van der Waals surface area contributed by atoms with Gasteiger partial charge in [-0.1, -0.05) is 30.3 Å². The largest absolute Gasteiger partial charge is 0.496 e. The van der Waals surface area contributed by atoms with Crippen molar-refractivity contribution in [3.05, 3.63) is 65.9 Å². The van der Waals surface area contributed by atoms with E-state index in [1.807, 2.05) is 48.7 Å². The van der Waals surface area contributed by atoms with Gasteiger partial charge in [0.2, 0.25) is 0 Å². The van der Waals surface area contributed by atoms with Gasteiger partial charge in [-0.15, -0.1) is 0 Å². The molecule has 21 heavy (non-hydrogen) atoms. The average molecular weight is 279 g/mol. The van der Waals surface area contributed by atoms with E-state index in [-0.39, 0.29) is 5.78 Å². The van der Waals surface area contributed by atoms with Crippen LogP contribution in [0.25, 0.3) is 10.9 Å². The van der Waals surface area contributed by atoms with Gasteiger partial charge in [-0.3, -0.25) is 4.79 Å². The average Bonchev–Trinajstić information content (AvgIpc) is 2.93. The molecule has 0 radical (unpaired) electrons. The molecule has 1 heterocycles. The Morgan fingerprint density at radius 3 is 2.52 bits per heavy atom. The second-order valence-electron chi connectivity index (χ2n) is 4.88. The zero-order chi connectivity index (χ0) is 14.8. The molecule has 3 heteroatoms. The van der Waals surface area contributed by atoms with Crippen LogP contribution < -0.4 is 4.74 Å². The quantitative estimate of drug-likeness (QED) is 0.678. The number of ether oxygens (including phenoxy) is 1. The lowest BCUT2D eigenvalue weighted by Crippen LogP contribution is -2.03. The van der Waals surface area contributed by atoms with Crippen molar-refractivity contribution in [2.45, 2.75) is 13.5 Å². The molecule has 0 amide bonds. The van der Waals surface area contributed by atoms with Gasteiger partial charge in [0.05, 0.1) is 12.7 Å². The summed E-state index contributed by atoms with van der Waals surface area (Å²) in [6, 6.07) is 15.3. The normalized spacial score (nSPS) is 10.8. The van der Waals surface area contributed by atoms with Crippen LogP contribution in [0.3, 0.4) is 0 Å². The number of nitrogens with zero attached hydrogens (tertiary/aromatic N) is 1. The first-order chi connectivity index (χ1) is 10.3. The highest BCUT2D eigenvalue weighted by molar-refractivity contribution is 6.17. The molecule has 1 aromatic heterocycles. The van der Waals surface area contributed by atoms with Crippen molar-refractivity contribution in [3.8, 4) is 5.75 Å². The predicted molar refractivity (Wildman–Crippen MR) is 84.0 cm³/mol. The molecule has 0 bridgehead atoms. The zero-order valence-corrected chi connectivity index (χ0v) is 12.2. The lowest BCUT2D eigenvalue weighted by atomic mass is 10.0. The number of aromatic nitrogens is 1. The third-order valence-corrected chi connectivity index (χ3v) is 3.73. The molecule has 0 N–H and O–H groups in total. The highest BCUT2D eigenvalue weighted by Gasteiger charge is 2.18. The Hall–Kier alpha value is -2.55. The third-order valence-electron chi connectivity index (χ3n) is 3.73. The monoisotopic (exact) mass is 279 g/mol. The third kappa shape index (κ3) is 2.21. The minimum Gasteiger partial charge on any atom is -0.496 e. The number of carbonyl (C=O) groups is 1. The fourth-order valence-electron chi connectivity index (χ4n) is 2.67. The first kappa shape index (κ1) is 13.4. The fraction of sp³-hybridized carbons (Fsp3) is 0.167. The highest BCUT2D eigenvalue weighted by atomic mass is 16.5. The topological polar surface area (TPSA) is 31.2 Å². The molecule has 0 saturated heterocycles.